The van der Waals surface area contributed by atoms with Gasteiger partial charge in [0.2, 0.25) is 0 Å². The smallest absolute Gasteiger partial charge is 0.406 e. The Balaban J connectivity index is 1.68. The lowest BCUT2D eigenvalue weighted by atomic mass is 9.77. The van der Waals surface area contributed by atoms with Gasteiger partial charge in [0.25, 0.3) is 0 Å². The summed E-state index contributed by atoms with van der Waals surface area (Å²) in [5.41, 5.74) is 1.13. The standard InChI is InChI=1S/C23H25F5O/c1-2-3-15-4-8-17(9-5-15)18-13-21(24)20(22(25)14-18)12-16-6-10-19(11-7-16)29-23(26,27)28/h6-7,10-11,13-15,17H,2-5,8-9,12H2,1H3. The first-order chi connectivity index (χ1) is 13.7. The normalized spacial score (nSPS) is 19.9. The van der Waals surface area contributed by atoms with Gasteiger partial charge in [0.15, 0.2) is 0 Å². The molecule has 158 valence electrons. The second kappa shape index (κ2) is 9.14. The van der Waals surface area contributed by atoms with Gasteiger partial charge in [0.05, 0.1) is 0 Å². The molecule has 29 heavy (non-hydrogen) atoms. The third-order valence-electron chi connectivity index (χ3n) is 5.72. The maximum Gasteiger partial charge on any atom is 0.573 e. The zero-order chi connectivity index (χ0) is 21.0. The van der Waals surface area contributed by atoms with E-state index in [0.717, 1.165) is 50.2 Å². The lowest BCUT2D eigenvalue weighted by Crippen LogP contribution is -2.17. The maximum atomic E-state index is 14.6. The predicted molar refractivity (Wildman–Crippen MR) is 102 cm³/mol. The van der Waals surface area contributed by atoms with Gasteiger partial charge in [0.1, 0.15) is 17.4 Å². The van der Waals surface area contributed by atoms with Gasteiger partial charge in [0, 0.05) is 12.0 Å². The molecule has 0 aliphatic heterocycles. The van der Waals surface area contributed by atoms with Crippen molar-refractivity contribution in [3.8, 4) is 5.75 Å². The maximum absolute atomic E-state index is 14.6. The Hall–Kier alpha value is -2.11. The summed E-state index contributed by atoms with van der Waals surface area (Å²) in [6.45, 7) is 2.17. The van der Waals surface area contributed by atoms with E-state index < -0.39 is 18.0 Å². The van der Waals surface area contributed by atoms with E-state index in [2.05, 4.69) is 11.7 Å². The number of ether oxygens (including phenoxy) is 1. The average Bonchev–Trinajstić information content (AvgIpc) is 2.65. The number of hydrogen-bond donors (Lipinski definition) is 0. The van der Waals surface area contributed by atoms with E-state index in [0.29, 0.717) is 11.1 Å². The molecule has 2 aromatic carbocycles. The van der Waals surface area contributed by atoms with Crippen LogP contribution in [0.15, 0.2) is 36.4 Å². The van der Waals surface area contributed by atoms with Crippen LogP contribution in [0.1, 0.15) is 68.1 Å². The van der Waals surface area contributed by atoms with Crippen LogP contribution in [0.25, 0.3) is 0 Å². The van der Waals surface area contributed by atoms with Crippen molar-refractivity contribution >= 4 is 0 Å². The molecule has 1 aliphatic rings. The van der Waals surface area contributed by atoms with Gasteiger partial charge in [-0.15, -0.1) is 13.2 Å². The van der Waals surface area contributed by atoms with E-state index in [1.165, 1.54) is 30.7 Å². The van der Waals surface area contributed by atoms with Crippen LogP contribution >= 0.6 is 0 Å². The number of rotatable bonds is 6. The second-order valence-electron chi connectivity index (χ2n) is 7.84. The highest BCUT2D eigenvalue weighted by atomic mass is 19.4. The molecular weight excluding hydrogens is 387 g/mol. The Bertz CT molecular complexity index is 782. The lowest BCUT2D eigenvalue weighted by Gasteiger charge is -2.29. The number of benzene rings is 2. The Kier molecular flexibility index (Phi) is 6.81. The molecule has 1 fully saturated rings. The molecular formula is C23H25F5O. The first-order valence-electron chi connectivity index (χ1n) is 10.1. The average molecular weight is 412 g/mol. The molecule has 0 aromatic heterocycles. The Morgan fingerprint density at radius 2 is 1.52 bits per heavy atom. The van der Waals surface area contributed by atoms with E-state index in [4.69, 9.17) is 0 Å². The molecule has 0 N–H and O–H groups in total. The SMILES string of the molecule is CCCC1CCC(c2cc(F)c(Cc3ccc(OC(F)(F)F)cc3)c(F)c2)CC1. The number of halogens is 5. The zero-order valence-corrected chi connectivity index (χ0v) is 16.4. The molecule has 0 atom stereocenters. The molecule has 1 saturated carbocycles. The van der Waals surface area contributed by atoms with E-state index in [9.17, 15) is 22.0 Å². The summed E-state index contributed by atoms with van der Waals surface area (Å²) in [5.74, 6) is -0.678. The molecule has 3 rings (SSSR count). The minimum absolute atomic E-state index is 0.0342. The zero-order valence-electron chi connectivity index (χ0n) is 16.4. The first kappa shape index (κ1) is 21.6. The van der Waals surface area contributed by atoms with Crippen molar-refractivity contribution in [3.05, 3.63) is 64.7 Å². The Labute approximate surface area is 167 Å². The number of alkyl halides is 3. The monoisotopic (exact) mass is 412 g/mol. The van der Waals surface area contributed by atoms with Crippen molar-refractivity contribution in [3.63, 3.8) is 0 Å². The van der Waals surface area contributed by atoms with Crippen LogP contribution in [0.3, 0.4) is 0 Å². The highest BCUT2D eigenvalue weighted by molar-refractivity contribution is 5.35. The fourth-order valence-corrected chi connectivity index (χ4v) is 4.23. The van der Waals surface area contributed by atoms with Gasteiger partial charge in [-0.3, -0.25) is 0 Å². The second-order valence-corrected chi connectivity index (χ2v) is 7.84. The molecule has 6 heteroatoms. The van der Waals surface area contributed by atoms with Gasteiger partial charge >= 0.3 is 6.36 Å². The van der Waals surface area contributed by atoms with Crippen LogP contribution in [-0.2, 0) is 6.42 Å². The molecule has 0 heterocycles. The van der Waals surface area contributed by atoms with E-state index in [1.807, 2.05) is 0 Å². The summed E-state index contributed by atoms with van der Waals surface area (Å²) < 4.78 is 69.8. The third-order valence-corrected chi connectivity index (χ3v) is 5.72. The number of hydrogen-bond acceptors (Lipinski definition) is 1. The highest BCUT2D eigenvalue weighted by Crippen LogP contribution is 2.38. The summed E-state index contributed by atoms with van der Waals surface area (Å²) in [4.78, 5) is 0. The van der Waals surface area contributed by atoms with E-state index >= 15 is 0 Å². The van der Waals surface area contributed by atoms with Crippen molar-refractivity contribution in [2.24, 2.45) is 5.92 Å². The summed E-state index contributed by atoms with van der Waals surface area (Å²) >= 11 is 0. The fourth-order valence-electron chi connectivity index (χ4n) is 4.23. The topological polar surface area (TPSA) is 9.23 Å². The van der Waals surface area contributed by atoms with Crippen molar-refractivity contribution in [2.75, 3.05) is 0 Å². The predicted octanol–water partition coefficient (Wildman–Crippen LogP) is 7.53. The minimum atomic E-state index is -4.77. The van der Waals surface area contributed by atoms with Crippen molar-refractivity contribution in [1.29, 1.82) is 0 Å². The van der Waals surface area contributed by atoms with Crippen LogP contribution < -0.4 is 4.74 Å². The summed E-state index contributed by atoms with van der Waals surface area (Å²) in [6, 6.07) is 7.88. The molecule has 0 bridgehead atoms. The van der Waals surface area contributed by atoms with Crippen molar-refractivity contribution in [2.45, 2.75) is 64.1 Å². The first-order valence-corrected chi connectivity index (χ1v) is 10.1. The molecule has 1 aliphatic carbocycles. The Morgan fingerprint density at radius 1 is 0.931 bits per heavy atom. The minimum Gasteiger partial charge on any atom is -0.406 e. The third kappa shape index (κ3) is 5.94. The van der Waals surface area contributed by atoms with Gasteiger partial charge in [-0.05, 0) is 72.9 Å². The van der Waals surface area contributed by atoms with Crippen LogP contribution in [0.2, 0.25) is 0 Å². The van der Waals surface area contributed by atoms with E-state index in [1.54, 1.807) is 0 Å². The highest BCUT2D eigenvalue weighted by Gasteiger charge is 2.31. The largest absolute Gasteiger partial charge is 0.573 e. The fraction of sp³-hybridized carbons (Fsp3) is 0.478. The molecule has 0 saturated heterocycles. The molecule has 2 aromatic rings. The van der Waals surface area contributed by atoms with Crippen LogP contribution in [0.4, 0.5) is 22.0 Å². The van der Waals surface area contributed by atoms with Crippen molar-refractivity contribution in [1.82, 2.24) is 0 Å². The van der Waals surface area contributed by atoms with Crippen LogP contribution in [0.5, 0.6) is 5.75 Å². The summed E-state index contributed by atoms with van der Waals surface area (Å²) in [7, 11) is 0. The van der Waals surface area contributed by atoms with E-state index in [-0.39, 0.29) is 23.7 Å². The van der Waals surface area contributed by atoms with Gasteiger partial charge in [-0.2, -0.15) is 0 Å². The lowest BCUT2D eigenvalue weighted by molar-refractivity contribution is -0.274. The van der Waals surface area contributed by atoms with Crippen molar-refractivity contribution < 1.29 is 26.7 Å². The molecule has 0 amide bonds. The van der Waals surface area contributed by atoms with Crippen LogP contribution in [0, 0.1) is 17.6 Å². The quantitative estimate of drug-likeness (QED) is 0.446. The van der Waals surface area contributed by atoms with Gasteiger partial charge < -0.3 is 4.74 Å². The summed E-state index contributed by atoms with van der Waals surface area (Å²) in [5, 5.41) is 0. The molecule has 0 spiro atoms. The molecule has 0 radical (unpaired) electrons. The van der Waals surface area contributed by atoms with Crippen LogP contribution in [-0.4, -0.2) is 6.36 Å². The van der Waals surface area contributed by atoms with Gasteiger partial charge in [-0.1, -0.05) is 31.9 Å². The summed E-state index contributed by atoms with van der Waals surface area (Å²) in [6.07, 6.45) is 1.65. The molecule has 0 unspecified atom stereocenters. The van der Waals surface area contributed by atoms with Gasteiger partial charge in [-0.25, -0.2) is 8.78 Å². The molecule has 1 nitrogen and oxygen atoms in total. The Morgan fingerprint density at radius 3 is 2.03 bits per heavy atom.